The van der Waals surface area contributed by atoms with Gasteiger partial charge in [0.1, 0.15) is 11.0 Å². The Hall–Kier alpha value is -4.17. The van der Waals surface area contributed by atoms with E-state index in [2.05, 4.69) is 169 Å². The van der Waals surface area contributed by atoms with Crippen molar-refractivity contribution >= 4 is 21.8 Å². The van der Waals surface area contributed by atoms with Gasteiger partial charge in [-0.3, -0.25) is 0 Å². The van der Waals surface area contributed by atoms with Crippen LogP contribution in [0.2, 0.25) is 0 Å². The van der Waals surface area contributed by atoms with Crippen molar-refractivity contribution in [2.24, 2.45) is 7.05 Å². The Balaban J connectivity index is 1.71. The van der Waals surface area contributed by atoms with Crippen LogP contribution in [0.1, 0.15) is 82.6 Å². The Morgan fingerprint density at radius 2 is 1.33 bits per heavy atom. The molecule has 0 saturated heterocycles. The van der Waals surface area contributed by atoms with Crippen molar-refractivity contribution < 1.29 is 4.57 Å². The number of rotatable bonds is 5. The SMILES string of the molecule is Cc1c(C(C)(C)C)ccc2c3cc(-c4ccccc4)ccc3n(-c3cc(-c4c(C(C)C)cccc4C(C)C)cc[n+]3C)c12. The molecule has 0 N–H and O–H groups in total. The molecule has 0 radical (unpaired) electrons. The Kier molecular flexibility index (Phi) is 7.29. The third kappa shape index (κ3) is 4.97. The van der Waals surface area contributed by atoms with Gasteiger partial charge < -0.3 is 0 Å². The number of hydrogen-bond acceptors (Lipinski definition) is 0. The monoisotopic (exact) mass is 565 g/mol. The van der Waals surface area contributed by atoms with E-state index in [0.29, 0.717) is 11.8 Å². The first kappa shape index (κ1) is 28.9. The van der Waals surface area contributed by atoms with Crippen LogP contribution < -0.4 is 4.57 Å². The first-order chi connectivity index (χ1) is 20.5. The van der Waals surface area contributed by atoms with Crippen molar-refractivity contribution in [3.63, 3.8) is 0 Å². The average Bonchev–Trinajstić information content (AvgIpc) is 3.31. The summed E-state index contributed by atoms with van der Waals surface area (Å²) in [4.78, 5) is 0. The number of hydrogen-bond donors (Lipinski definition) is 0. The third-order valence-corrected chi connectivity index (χ3v) is 9.11. The van der Waals surface area contributed by atoms with E-state index in [1.54, 1.807) is 0 Å². The van der Waals surface area contributed by atoms with Crippen molar-refractivity contribution in [2.45, 2.75) is 72.6 Å². The van der Waals surface area contributed by atoms with E-state index in [0.717, 1.165) is 0 Å². The first-order valence-corrected chi connectivity index (χ1v) is 15.7. The number of pyridine rings is 1. The van der Waals surface area contributed by atoms with E-state index >= 15 is 0 Å². The van der Waals surface area contributed by atoms with E-state index < -0.39 is 0 Å². The summed E-state index contributed by atoms with van der Waals surface area (Å²) < 4.78 is 4.80. The second-order valence-electron chi connectivity index (χ2n) is 13.8. The summed E-state index contributed by atoms with van der Waals surface area (Å²) in [6, 6.07) is 34.0. The van der Waals surface area contributed by atoms with Crippen LogP contribution >= 0.6 is 0 Å². The van der Waals surface area contributed by atoms with Crippen molar-refractivity contribution in [2.75, 3.05) is 0 Å². The van der Waals surface area contributed by atoms with Gasteiger partial charge in [0, 0.05) is 22.4 Å². The first-order valence-electron chi connectivity index (χ1n) is 15.7. The number of aryl methyl sites for hydroxylation is 2. The van der Waals surface area contributed by atoms with Crippen molar-refractivity contribution in [1.82, 2.24) is 4.57 Å². The average molecular weight is 566 g/mol. The van der Waals surface area contributed by atoms with Gasteiger partial charge in [-0.05, 0) is 87.4 Å². The molecule has 0 aliphatic rings. The van der Waals surface area contributed by atoms with Gasteiger partial charge in [0.15, 0.2) is 0 Å². The standard InChI is InChI=1S/C41H45N2/c1-26(2)32-16-13-17-33(27(3)4)39(32)31-22-23-42(9)38(25-31)43-37-21-18-30(29-14-11-10-12-15-29)24-35(37)34-19-20-36(41(6,7)8)28(5)40(34)43/h10-27H,1-9H3/q+1. The lowest BCUT2D eigenvalue weighted by Gasteiger charge is -2.22. The van der Waals surface area contributed by atoms with Gasteiger partial charge in [-0.1, -0.05) is 109 Å². The molecule has 0 aliphatic carbocycles. The molecule has 2 heteroatoms. The molecule has 6 rings (SSSR count). The molecule has 0 bridgehead atoms. The molecule has 0 aliphatic heterocycles. The van der Waals surface area contributed by atoms with E-state index in [1.807, 2.05) is 0 Å². The highest BCUT2D eigenvalue weighted by Crippen LogP contribution is 2.41. The predicted molar refractivity (Wildman–Crippen MR) is 184 cm³/mol. The Morgan fingerprint density at radius 3 is 1.95 bits per heavy atom. The van der Waals surface area contributed by atoms with Crippen LogP contribution in [0.5, 0.6) is 0 Å². The zero-order valence-corrected chi connectivity index (χ0v) is 27.3. The third-order valence-electron chi connectivity index (χ3n) is 9.11. The van der Waals surface area contributed by atoms with Crippen molar-refractivity contribution in [3.05, 3.63) is 119 Å². The van der Waals surface area contributed by atoms with Gasteiger partial charge in [0.2, 0.25) is 0 Å². The van der Waals surface area contributed by atoms with Gasteiger partial charge in [-0.25, -0.2) is 4.57 Å². The maximum Gasteiger partial charge on any atom is 0.287 e. The summed E-state index contributed by atoms with van der Waals surface area (Å²) in [7, 11) is 2.18. The van der Waals surface area contributed by atoms with E-state index in [1.165, 1.54) is 72.1 Å². The molecule has 0 atom stereocenters. The van der Waals surface area contributed by atoms with Gasteiger partial charge in [0.25, 0.3) is 5.82 Å². The molecular formula is C41H45N2+. The smallest absolute Gasteiger partial charge is 0.237 e. The lowest BCUT2D eigenvalue weighted by Crippen LogP contribution is -2.33. The summed E-state index contributed by atoms with van der Waals surface area (Å²) in [5.74, 6) is 2.05. The predicted octanol–water partition coefficient (Wildman–Crippen LogP) is 10.8. The molecular weight excluding hydrogens is 520 g/mol. The fourth-order valence-electron chi connectivity index (χ4n) is 6.95. The second kappa shape index (κ2) is 10.8. The van der Waals surface area contributed by atoms with Crippen molar-refractivity contribution in [3.8, 4) is 28.1 Å². The maximum atomic E-state index is 2.51. The molecule has 2 aromatic heterocycles. The molecule has 6 aromatic rings. The Bertz CT molecular complexity index is 1940. The van der Waals surface area contributed by atoms with Crippen LogP contribution in [-0.4, -0.2) is 4.57 Å². The molecule has 43 heavy (non-hydrogen) atoms. The summed E-state index contributed by atoms with van der Waals surface area (Å²) in [6.45, 7) is 18.5. The highest BCUT2D eigenvalue weighted by molar-refractivity contribution is 6.11. The summed E-state index contributed by atoms with van der Waals surface area (Å²) in [5.41, 5.74) is 13.3. The van der Waals surface area contributed by atoms with Gasteiger partial charge in [0.05, 0.1) is 13.2 Å². The molecule has 0 unspecified atom stereocenters. The molecule has 4 aromatic carbocycles. The number of aromatic nitrogens is 2. The minimum atomic E-state index is 0.0428. The number of benzene rings is 4. The number of fused-ring (bicyclic) bond motifs is 3. The zero-order valence-electron chi connectivity index (χ0n) is 27.3. The van der Waals surface area contributed by atoms with E-state index in [4.69, 9.17) is 0 Å². The highest BCUT2D eigenvalue weighted by Gasteiger charge is 2.28. The lowest BCUT2D eigenvalue weighted by molar-refractivity contribution is -0.665. The molecule has 0 amide bonds. The molecule has 2 heterocycles. The van der Waals surface area contributed by atoms with E-state index in [-0.39, 0.29) is 5.41 Å². The number of nitrogens with zero attached hydrogens (tertiary/aromatic N) is 2. The van der Waals surface area contributed by atoms with Gasteiger partial charge in [-0.15, -0.1) is 0 Å². The molecule has 0 saturated carbocycles. The Labute approximate surface area is 257 Å². The van der Waals surface area contributed by atoms with E-state index in [9.17, 15) is 0 Å². The fourth-order valence-corrected chi connectivity index (χ4v) is 6.95. The van der Waals surface area contributed by atoms with Crippen LogP contribution in [0.3, 0.4) is 0 Å². The largest absolute Gasteiger partial charge is 0.287 e. The molecule has 0 fully saturated rings. The zero-order chi connectivity index (χ0) is 30.6. The van der Waals surface area contributed by atoms with Crippen LogP contribution in [-0.2, 0) is 12.5 Å². The van der Waals surface area contributed by atoms with Crippen LogP contribution in [0.15, 0.2) is 97.2 Å². The maximum absolute atomic E-state index is 2.51. The van der Waals surface area contributed by atoms with Crippen LogP contribution in [0.25, 0.3) is 49.9 Å². The quantitative estimate of drug-likeness (QED) is 0.184. The fraction of sp³-hybridized carbons (Fsp3) is 0.293. The molecule has 0 spiro atoms. The molecule has 2 nitrogen and oxygen atoms in total. The normalized spacial score (nSPS) is 12.3. The van der Waals surface area contributed by atoms with Crippen molar-refractivity contribution in [1.29, 1.82) is 0 Å². The topological polar surface area (TPSA) is 8.81 Å². The minimum Gasteiger partial charge on any atom is -0.237 e. The Morgan fingerprint density at radius 1 is 0.651 bits per heavy atom. The second-order valence-corrected chi connectivity index (χ2v) is 13.8. The minimum absolute atomic E-state index is 0.0428. The molecule has 218 valence electrons. The van der Waals surface area contributed by atoms with Crippen LogP contribution in [0, 0.1) is 6.92 Å². The lowest BCUT2D eigenvalue weighted by atomic mass is 9.83. The highest BCUT2D eigenvalue weighted by atomic mass is 15.1. The summed E-state index contributed by atoms with van der Waals surface area (Å²) >= 11 is 0. The van der Waals surface area contributed by atoms with Crippen LogP contribution in [0.4, 0.5) is 0 Å². The van der Waals surface area contributed by atoms with Gasteiger partial charge in [-0.2, -0.15) is 4.57 Å². The van der Waals surface area contributed by atoms with Gasteiger partial charge >= 0.3 is 0 Å². The summed E-state index contributed by atoms with van der Waals surface area (Å²) in [5, 5.41) is 2.59. The summed E-state index contributed by atoms with van der Waals surface area (Å²) in [6.07, 6.45) is 2.24.